The topological polar surface area (TPSA) is 29.3 Å². The number of nitrogens with zero attached hydrogens (tertiary/aromatic N) is 1. The van der Waals surface area contributed by atoms with Crippen LogP contribution in [-0.2, 0) is 6.54 Å². The van der Waals surface area contributed by atoms with Crippen LogP contribution >= 0.6 is 39.1 Å². The van der Waals surface area contributed by atoms with Crippen LogP contribution in [0.4, 0.5) is 0 Å². The molecule has 0 saturated carbocycles. The molecule has 1 atom stereocenters. The van der Waals surface area contributed by atoms with Crippen molar-refractivity contribution in [3.63, 3.8) is 0 Å². The van der Waals surface area contributed by atoms with Crippen molar-refractivity contribution < 1.29 is 0 Å². The predicted molar refractivity (Wildman–Crippen MR) is 93.9 cm³/mol. The van der Waals surface area contributed by atoms with Gasteiger partial charge < -0.3 is 5.73 Å². The summed E-state index contributed by atoms with van der Waals surface area (Å²) in [5.74, 6) is 0. The van der Waals surface area contributed by atoms with E-state index in [-0.39, 0.29) is 6.04 Å². The van der Waals surface area contributed by atoms with Crippen LogP contribution in [0.5, 0.6) is 0 Å². The van der Waals surface area contributed by atoms with E-state index >= 15 is 0 Å². The molecule has 1 unspecified atom stereocenters. The first kappa shape index (κ1) is 16.8. The van der Waals surface area contributed by atoms with Crippen molar-refractivity contribution in [3.05, 3.63) is 68.1 Å². The number of rotatable bonds is 5. The molecule has 2 nitrogen and oxygen atoms in total. The predicted octanol–water partition coefficient (Wildman–Crippen LogP) is 4.89. The summed E-state index contributed by atoms with van der Waals surface area (Å²) in [5.41, 5.74) is 8.14. The minimum atomic E-state index is 0.0500. The van der Waals surface area contributed by atoms with E-state index in [2.05, 4.69) is 26.9 Å². The normalized spacial score (nSPS) is 12.7. The third-order valence-corrected chi connectivity index (χ3v) is 4.47. The zero-order valence-corrected chi connectivity index (χ0v) is 14.8. The van der Waals surface area contributed by atoms with Crippen LogP contribution in [-0.4, -0.2) is 18.5 Å². The van der Waals surface area contributed by atoms with E-state index in [1.807, 2.05) is 43.4 Å². The van der Waals surface area contributed by atoms with Gasteiger partial charge in [-0.15, -0.1) is 0 Å². The minimum Gasteiger partial charge on any atom is -0.329 e. The Kier molecular flexibility index (Phi) is 6.08. The summed E-state index contributed by atoms with van der Waals surface area (Å²) < 4.78 is 0.997. The highest BCUT2D eigenvalue weighted by Gasteiger charge is 2.18. The molecule has 0 amide bonds. The molecule has 0 bridgehead atoms. The van der Waals surface area contributed by atoms with Crippen LogP contribution in [0.3, 0.4) is 0 Å². The van der Waals surface area contributed by atoms with Crippen LogP contribution in [0.15, 0.2) is 46.9 Å². The molecule has 0 radical (unpaired) electrons. The fraction of sp³-hybridized carbons (Fsp3) is 0.250. The van der Waals surface area contributed by atoms with Gasteiger partial charge in [0.05, 0.1) is 0 Å². The molecule has 21 heavy (non-hydrogen) atoms. The van der Waals surface area contributed by atoms with Gasteiger partial charge in [0.1, 0.15) is 0 Å². The smallest absolute Gasteiger partial charge is 0.0486 e. The molecule has 0 aliphatic rings. The average molecular weight is 388 g/mol. The molecular formula is C16H17BrCl2N2. The third kappa shape index (κ3) is 4.44. The van der Waals surface area contributed by atoms with Gasteiger partial charge in [-0.1, -0.05) is 51.3 Å². The lowest BCUT2D eigenvalue weighted by Gasteiger charge is -2.28. The van der Waals surface area contributed by atoms with Gasteiger partial charge in [-0.2, -0.15) is 0 Å². The van der Waals surface area contributed by atoms with E-state index in [1.54, 1.807) is 0 Å². The third-order valence-electron chi connectivity index (χ3n) is 3.39. The molecule has 2 aromatic rings. The van der Waals surface area contributed by atoms with Crippen molar-refractivity contribution >= 4 is 39.1 Å². The second-order valence-electron chi connectivity index (χ2n) is 4.96. The Bertz CT molecular complexity index is 619. The van der Waals surface area contributed by atoms with Crippen LogP contribution in [0.1, 0.15) is 17.2 Å². The lowest BCUT2D eigenvalue weighted by molar-refractivity contribution is 0.242. The van der Waals surface area contributed by atoms with E-state index in [1.165, 1.54) is 0 Å². The summed E-state index contributed by atoms with van der Waals surface area (Å²) in [6, 6.07) is 13.7. The quantitative estimate of drug-likeness (QED) is 0.791. The highest BCUT2D eigenvalue weighted by Crippen LogP contribution is 2.30. The fourth-order valence-electron chi connectivity index (χ4n) is 2.35. The summed E-state index contributed by atoms with van der Waals surface area (Å²) in [4.78, 5) is 2.18. The lowest BCUT2D eigenvalue weighted by atomic mass is 10.0. The van der Waals surface area contributed by atoms with Crippen molar-refractivity contribution in [2.75, 3.05) is 13.6 Å². The first-order valence-corrected chi connectivity index (χ1v) is 8.16. The summed E-state index contributed by atoms with van der Waals surface area (Å²) in [7, 11) is 2.04. The largest absolute Gasteiger partial charge is 0.329 e. The first-order valence-electron chi connectivity index (χ1n) is 6.61. The van der Waals surface area contributed by atoms with Gasteiger partial charge in [-0.3, -0.25) is 4.90 Å². The molecule has 0 aliphatic heterocycles. The Balaban J connectivity index is 2.22. The Labute approximate surface area is 144 Å². The molecule has 112 valence electrons. The summed E-state index contributed by atoms with van der Waals surface area (Å²) in [6.45, 7) is 1.25. The second kappa shape index (κ2) is 7.61. The molecule has 0 fully saturated rings. The van der Waals surface area contributed by atoms with Crippen LogP contribution in [0.2, 0.25) is 10.0 Å². The van der Waals surface area contributed by atoms with Crippen molar-refractivity contribution in [2.45, 2.75) is 12.6 Å². The van der Waals surface area contributed by atoms with E-state index in [0.717, 1.165) is 32.2 Å². The van der Waals surface area contributed by atoms with Gasteiger partial charge in [0, 0.05) is 33.6 Å². The molecule has 5 heteroatoms. The number of hydrogen-bond donors (Lipinski definition) is 1. The maximum Gasteiger partial charge on any atom is 0.0486 e. The molecule has 0 heterocycles. The molecule has 2 aromatic carbocycles. The van der Waals surface area contributed by atoms with Crippen molar-refractivity contribution in [1.82, 2.24) is 4.90 Å². The zero-order valence-electron chi connectivity index (χ0n) is 11.7. The van der Waals surface area contributed by atoms with E-state index < -0.39 is 0 Å². The highest BCUT2D eigenvalue weighted by atomic mass is 79.9. The molecule has 2 N–H and O–H groups in total. The van der Waals surface area contributed by atoms with Crippen molar-refractivity contribution in [3.8, 4) is 0 Å². The van der Waals surface area contributed by atoms with Gasteiger partial charge >= 0.3 is 0 Å². The van der Waals surface area contributed by atoms with Gasteiger partial charge in [0.2, 0.25) is 0 Å². The van der Waals surface area contributed by atoms with Crippen LogP contribution in [0.25, 0.3) is 0 Å². The monoisotopic (exact) mass is 386 g/mol. The van der Waals surface area contributed by atoms with E-state index in [0.29, 0.717) is 6.54 Å². The first-order chi connectivity index (χ1) is 10.0. The van der Waals surface area contributed by atoms with E-state index in [9.17, 15) is 0 Å². The summed E-state index contributed by atoms with van der Waals surface area (Å²) in [6.07, 6.45) is 0. The number of nitrogens with two attached hydrogens (primary N) is 1. The SMILES string of the molecule is CN(Cc1cccc(Cl)c1)C(CN)c1cc(Br)ccc1Cl. The molecule has 0 aromatic heterocycles. The Morgan fingerprint density at radius 3 is 2.62 bits per heavy atom. The lowest BCUT2D eigenvalue weighted by Crippen LogP contribution is -2.30. The maximum absolute atomic E-state index is 6.32. The Morgan fingerprint density at radius 2 is 1.95 bits per heavy atom. The summed E-state index contributed by atoms with van der Waals surface area (Å²) >= 11 is 15.8. The minimum absolute atomic E-state index is 0.0500. The Hall–Kier alpha value is -0.580. The van der Waals surface area contributed by atoms with E-state index in [4.69, 9.17) is 28.9 Å². The van der Waals surface area contributed by atoms with Crippen molar-refractivity contribution in [2.24, 2.45) is 5.73 Å². The number of benzene rings is 2. The van der Waals surface area contributed by atoms with Crippen LogP contribution < -0.4 is 5.73 Å². The highest BCUT2D eigenvalue weighted by molar-refractivity contribution is 9.10. The van der Waals surface area contributed by atoms with Gasteiger partial charge in [0.25, 0.3) is 0 Å². The summed E-state index contributed by atoms with van der Waals surface area (Å²) in [5, 5.41) is 1.47. The molecule has 0 aliphatic carbocycles. The van der Waals surface area contributed by atoms with Crippen molar-refractivity contribution in [1.29, 1.82) is 0 Å². The molecular weight excluding hydrogens is 371 g/mol. The van der Waals surface area contributed by atoms with Gasteiger partial charge in [0.15, 0.2) is 0 Å². The maximum atomic E-state index is 6.32. The standard InChI is InChI=1S/C16H17BrCl2N2/c1-21(10-11-3-2-4-13(18)7-11)16(9-20)14-8-12(17)5-6-15(14)19/h2-8,16H,9-10,20H2,1H3. The van der Waals surface area contributed by atoms with Gasteiger partial charge in [-0.05, 0) is 48.5 Å². The molecule has 2 rings (SSSR count). The second-order valence-corrected chi connectivity index (χ2v) is 6.72. The molecule has 0 spiro atoms. The Morgan fingerprint density at radius 1 is 1.19 bits per heavy atom. The zero-order chi connectivity index (χ0) is 15.4. The number of hydrogen-bond acceptors (Lipinski definition) is 2. The number of likely N-dealkylation sites (N-methyl/N-ethyl adjacent to an activating group) is 1. The number of halogens is 3. The average Bonchev–Trinajstić information content (AvgIpc) is 2.43. The van der Waals surface area contributed by atoms with Gasteiger partial charge in [-0.25, -0.2) is 0 Å². The van der Waals surface area contributed by atoms with Crippen LogP contribution in [0, 0.1) is 0 Å². The molecule has 0 saturated heterocycles. The fourth-order valence-corrected chi connectivity index (χ4v) is 3.18.